The summed E-state index contributed by atoms with van der Waals surface area (Å²) in [6.07, 6.45) is 0. The van der Waals surface area contributed by atoms with Crippen LogP contribution in [0, 0.1) is 13.8 Å². The summed E-state index contributed by atoms with van der Waals surface area (Å²) in [5.41, 5.74) is 3.34. The SMILES string of the molecule is Cc1ccc(-c2nc(C(C)C)oc2C)cc1. The number of hydrogen-bond acceptors (Lipinski definition) is 2. The zero-order valence-corrected chi connectivity index (χ0v) is 10.2. The van der Waals surface area contributed by atoms with Crippen molar-refractivity contribution in [3.05, 3.63) is 41.5 Å². The third-order valence-corrected chi connectivity index (χ3v) is 2.63. The molecule has 84 valence electrons. The Hall–Kier alpha value is -1.57. The van der Waals surface area contributed by atoms with E-state index in [1.807, 2.05) is 6.92 Å². The molecule has 2 heteroatoms. The molecule has 2 aromatic rings. The maximum Gasteiger partial charge on any atom is 0.197 e. The summed E-state index contributed by atoms with van der Waals surface area (Å²) in [6.45, 7) is 8.22. The first-order valence-corrected chi connectivity index (χ1v) is 5.62. The predicted octanol–water partition coefficient (Wildman–Crippen LogP) is 4.08. The maximum absolute atomic E-state index is 5.65. The van der Waals surface area contributed by atoms with Gasteiger partial charge >= 0.3 is 0 Å². The minimum Gasteiger partial charge on any atom is -0.445 e. The topological polar surface area (TPSA) is 26.0 Å². The van der Waals surface area contributed by atoms with Crippen molar-refractivity contribution in [1.29, 1.82) is 0 Å². The van der Waals surface area contributed by atoms with Gasteiger partial charge in [0.25, 0.3) is 0 Å². The highest BCUT2D eigenvalue weighted by molar-refractivity contribution is 5.61. The maximum atomic E-state index is 5.65. The first-order valence-electron chi connectivity index (χ1n) is 5.62. The zero-order chi connectivity index (χ0) is 11.7. The van der Waals surface area contributed by atoms with Crippen LogP contribution in [-0.4, -0.2) is 4.98 Å². The number of benzene rings is 1. The van der Waals surface area contributed by atoms with Crippen LogP contribution in [-0.2, 0) is 0 Å². The highest BCUT2D eigenvalue weighted by atomic mass is 16.4. The van der Waals surface area contributed by atoms with Crippen molar-refractivity contribution >= 4 is 0 Å². The second-order valence-electron chi connectivity index (χ2n) is 4.48. The highest BCUT2D eigenvalue weighted by Gasteiger charge is 2.13. The quantitative estimate of drug-likeness (QED) is 0.754. The molecular formula is C14H17NO. The van der Waals surface area contributed by atoms with E-state index in [1.165, 1.54) is 5.56 Å². The second-order valence-corrected chi connectivity index (χ2v) is 4.48. The van der Waals surface area contributed by atoms with Crippen LogP contribution in [0.3, 0.4) is 0 Å². The molecule has 1 aromatic heterocycles. The van der Waals surface area contributed by atoms with Crippen molar-refractivity contribution < 1.29 is 4.42 Å². The van der Waals surface area contributed by atoms with Gasteiger partial charge in [0.2, 0.25) is 0 Å². The molecule has 0 spiro atoms. The van der Waals surface area contributed by atoms with Gasteiger partial charge in [-0.15, -0.1) is 0 Å². The van der Waals surface area contributed by atoms with Gasteiger partial charge in [0.15, 0.2) is 5.89 Å². The van der Waals surface area contributed by atoms with E-state index >= 15 is 0 Å². The highest BCUT2D eigenvalue weighted by Crippen LogP contribution is 2.26. The molecule has 2 rings (SSSR count). The van der Waals surface area contributed by atoms with Gasteiger partial charge in [0.1, 0.15) is 11.5 Å². The molecule has 1 aromatic carbocycles. The smallest absolute Gasteiger partial charge is 0.197 e. The van der Waals surface area contributed by atoms with Crippen LogP contribution >= 0.6 is 0 Å². The van der Waals surface area contributed by atoms with Crippen molar-refractivity contribution in [1.82, 2.24) is 4.98 Å². The summed E-state index contributed by atoms with van der Waals surface area (Å²) < 4.78 is 5.65. The number of oxazole rings is 1. The van der Waals surface area contributed by atoms with E-state index in [4.69, 9.17) is 4.42 Å². The predicted molar refractivity (Wildman–Crippen MR) is 65.5 cm³/mol. The van der Waals surface area contributed by atoms with Crippen LogP contribution in [0.15, 0.2) is 28.7 Å². The minimum atomic E-state index is 0.331. The normalized spacial score (nSPS) is 11.1. The fourth-order valence-electron chi connectivity index (χ4n) is 1.64. The van der Waals surface area contributed by atoms with Gasteiger partial charge in [0, 0.05) is 11.5 Å². The lowest BCUT2D eigenvalue weighted by atomic mass is 10.1. The number of rotatable bonds is 2. The third-order valence-electron chi connectivity index (χ3n) is 2.63. The van der Waals surface area contributed by atoms with Crippen LogP contribution in [0.2, 0.25) is 0 Å². The number of nitrogens with zero attached hydrogens (tertiary/aromatic N) is 1. The Balaban J connectivity index is 2.44. The van der Waals surface area contributed by atoms with E-state index in [1.54, 1.807) is 0 Å². The summed E-state index contributed by atoms with van der Waals surface area (Å²) >= 11 is 0. The summed E-state index contributed by atoms with van der Waals surface area (Å²) in [5.74, 6) is 2.04. The fourth-order valence-corrected chi connectivity index (χ4v) is 1.64. The Kier molecular flexibility index (Phi) is 2.82. The monoisotopic (exact) mass is 215 g/mol. The van der Waals surface area contributed by atoms with Gasteiger partial charge in [-0.3, -0.25) is 0 Å². The largest absolute Gasteiger partial charge is 0.445 e. The molecule has 2 nitrogen and oxygen atoms in total. The molecule has 0 atom stereocenters. The first kappa shape index (κ1) is 10.9. The lowest BCUT2D eigenvalue weighted by Gasteiger charge is -1.98. The molecular weight excluding hydrogens is 198 g/mol. The number of hydrogen-bond donors (Lipinski definition) is 0. The third kappa shape index (κ3) is 2.01. The Labute approximate surface area is 96.3 Å². The molecule has 0 aliphatic rings. The van der Waals surface area contributed by atoms with Gasteiger partial charge in [-0.25, -0.2) is 4.98 Å². The van der Waals surface area contributed by atoms with Crippen LogP contribution < -0.4 is 0 Å². The summed E-state index contributed by atoms with van der Waals surface area (Å²) in [6, 6.07) is 8.37. The van der Waals surface area contributed by atoms with E-state index in [0.29, 0.717) is 5.92 Å². The molecule has 16 heavy (non-hydrogen) atoms. The van der Waals surface area contributed by atoms with Gasteiger partial charge in [0.05, 0.1) is 0 Å². The molecule has 0 bridgehead atoms. The minimum absolute atomic E-state index is 0.331. The van der Waals surface area contributed by atoms with Crippen molar-refractivity contribution in [3.8, 4) is 11.3 Å². The van der Waals surface area contributed by atoms with E-state index in [-0.39, 0.29) is 0 Å². The molecule has 0 amide bonds. The Morgan fingerprint density at radius 1 is 1.06 bits per heavy atom. The Bertz CT molecular complexity index is 480. The van der Waals surface area contributed by atoms with E-state index in [0.717, 1.165) is 22.9 Å². The average molecular weight is 215 g/mol. The van der Waals surface area contributed by atoms with Crippen LogP contribution in [0.25, 0.3) is 11.3 Å². The van der Waals surface area contributed by atoms with Crippen molar-refractivity contribution in [3.63, 3.8) is 0 Å². The average Bonchev–Trinajstić information content (AvgIpc) is 2.62. The van der Waals surface area contributed by atoms with Gasteiger partial charge in [-0.05, 0) is 13.8 Å². The number of aromatic nitrogens is 1. The lowest BCUT2D eigenvalue weighted by Crippen LogP contribution is -1.86. The van der Waals surface area contributed by atoms with Crippen LogP contribution in [0.4, 0.5) is 0 Å². The molecule has 1 heterocycles. The standard InChI is InChI=1S/C14H17NO/c1-9(2)14-15-13(11(4)16-14)12-7-5-10(3)6-8-12/h5-9H,1-4H3. The fraction of sp³-hybridized carbons (Fsp3) is 0.357. The molecule has 0 N–H and O–H groups in total. The van der Waals surface area contributed by atoms with E-state index < -0.39 is 0 Å². The van der Waals surface area contributed by atoms with Gasteiger partial charge in [-0.1, -0.05) is 43.7 Å². The van der Waals surface area contributed by atoms with Crippen molar-refractivity contribution in [2.45, 2.75) is 33.6 Å². The number of aryl methyl sites for hydroxylation is 2. The first-order chi connectivity index (χ1) is 7.58. The summed E-state index contributed by atoms with van der Waals surface area (Å²) in [4.78, 5) is 4.54. The molecule has 0 aliphatic carbocycles. The van der Waals surface area contributed by atoms with Crippen molar-refractivity contribution in [2.24, 2.45) is 0 Å². The van der Waals surface area contributed by atoms with Gasteiger partial charge in [-0.2, -0.15) is 0 Å². The molecule has 0 radical (unpaired) electrons. The Morgan fingerprint density at radius 3 is 2.19 bits per heavy atom. The van der Waals surface area contributed by atoms with Crippen LogP contribution in [0.1, 0.15) is 37.0 Å². The summed E-state index contributed by atoms with van der Waals surface area (Å²) in [7, 11) is 0. The summed E-state index contributed by atoms with van der Waals surface area (Å²) in [5, 5.41) is 0. The van der Waals surface area contributed by atoms with Crippen molar-refractivity contribution in [2.75, 3.05) is 0 Å². The molecule has 0 aliphatic heterocycles. The zero-order valence-electron chi connectivity index (χ0n) is 10.2. The second kappa shape index (κ2) is 4.12. The van der Waals surface area contributed by atoms with Crippen LogP contribution in [0.5, 0.6) is 0 Å². The van der Waals surface area contributed by atoms with Gasteiger partial charge < -0.3 is 4.42 Å². The lowest BCUT2D eigenvalue weighted by molar-refractivity contribution is 0.450. The Morgan fingerprint density at radius 2 is 1.69 bits per heavy atom. The molecule has 0 saturated heterocycles. The molecule has 0 unspecified atom stereocenters. The van der Waals surface area contributed by atoms with E-state index in [9.17, 15) is 0 Å². The molecule has 0 saturated carbocycles. The van der Waals surface area contributed by atoms with E-state index in [2.05, 4.69) is 50.0 Å². The molecule has 0 fully saturated rings.